The molecule has 1 unspecified atom stereocenters. The predicted octanol–water partition coefficient (Wildman–Crippen LogP) is 1.93. The summed E-state index contributed by atoms with van der Waals surface area (Å²) in [5.74, 6) is 1.74. The fourth-order valence-electron chi connectivity index (χ4n) is 2.48. The standard InChI is InChI=1S/C15H23NO3/c1-11-8-13(17-2)9-15(18-3)14(11)5-4-12-10-16-6-7-19-12/h8-9,12,16H,4-7,10H2,1-3H3. The van der Waals surface area contributed by atoms with Crippen LogP contribution >= 0.6 is 0 Å². The first-order valence-corrected chi connectivity index (χ1v) is 6.78. The molecule has 0 amide bonds. The quantitative estimate of drug-likeness (QED) is 0.883. The van der Waals surface area contributed by atoms with E-state index in [0.717, 1.165) is 44.0 Å². The van der Waals surface area contributed by atoms with Crippen molar-refractivity contribution in [3.63, 3.8) is 0 Å². The Morgan fingerprint density at radius 1 is 1.32 bits per heavy atom. The van der Waals surface area contributed by atoms with Crippen LogP contribution in [0.3, 0.4) is 0 Å². The molecule has 0 bridgehead atoms. The predicted molar refractivity (Wildman–Crippen MR) is 75.2 cm³/mol. The van der Waals surface area contributed by atoms with Crippen molar-refractivity contribution in [1.29, 1.82) is 0 Å². The van der Waals surface area contributed by atoms with Gasteiger partial charge in [0.05, 0.1) is 26.9 Å². The number of ether oxygens (including phenoxy) is 3. The summed E-state index contributed by atoms with van der Waals surface area (Å²) in [6.45, 7) is 4.81. The van der Waals surface area contributed by atoms with Crippen LogP contribution < -0.4 is 14.8 Å². The van der Waals surface area contributed by atoms with Crippen LogP contribution in [-0.2, 0) is 11.2 Å². The van der Waals surface area contributed by atoms with Gasteiger partial charge in [0.25, 0.3) is 0 Å². The number of nitrogens with one attached hydrogen (secondary N) is 1. The number of benzene rings is 1. The topological polar surface area (TPSA) is 39.7 Å². The molecule has 1 aliphatic rings. The molecular formula is C15H23NO3. The van der Waals surface area contributed by atoms with E-state index in [1.54, 1.807) is 14.2 Å². The molecule has 106 valence electrons. The van der Waals surface area contributed by atoms with E-state index in [0.29, 0.717) is 6.10 Å². The van der Waals surface area contributed by atoms with E-state index >= 15 is 0 Å². The minimum atomic E-state index is 0.306. The fourth-order valence-corrected chi connectivity index (χ4v) is 2.48. The van der Waals surface area contributed by atoms with Gasteiger partial charge in [0.15, 0.2) is 0 Å². The van der Waals surface area contributed by atoms with Crippen LogP contribution in [0.25, 0.3) is 0 Å². The Hall–Kier alpha value is -1.26. The maximum absolute atomic E-state index is 5.73. The summed E-state index contributed by atoms with van der Waals surface area (Å²) < 4.78 is 16.5. The molecule has 0 spiro atoms. The zero-order valence-electron chi connectivity index (χ0n) is 12.0. The largest absolute Gasteiger partial charge is 0.497 e. The first-order valence-electron chi connectivity index (χ1n) is 6.78. The third-order valence-electron chi connectivity index (χ3n) is 3.58. The Bertz CT molecular complexity index is 414. The number of aryl methyl sites for hydroxylation is 1. The first kappa shape index (κ1) is 14.2. The molecule has 0 aromatic heterocycles. The van der Waals surface area contributed by atoms with Crippen LogP contribution in [0.1, 0.15) is 17.5 Å². The summed E-state index contributed by atoms with van der Waals surface area (Å²) in [5.41, 5.74) is 2.46. The van der Waals surface area contributed by atoms with Crippen LogP contribution in [0.15, 0.2) is 12.1 Å². The highest BCUT2D eigenvalue weighted by Gasteiger charge is 2.16. The molecule has 19 heavy (non-hydrogen) atoms. The normalized spacial score (nSPS) is 19.2. The number of rotatable bonds is 5. The maximum Gasteiger partial charge on any atom is 0.126 e. The average Bonchev–Trinajstić information content (AvgIpc) is 2.46. The van der Waals surface area contributed by atoms with Gasteiger partial charge in [-0.25, -0.2) is 0 Å². The third kappa shape index (κ3) is 3.61. The molecule has 0 aliphatic carbocycles. The Labute approximate surface area is 115 Å². The van der Waals surface area contributed by atoms with E-state index in [1.807, 2.05) is 6.07 Å². The van der Waals surface area contributed by atoms with Crippen LogP contribution in [0.2, 0.25) is 0 Å². The second kappa shape index (κ2) is 6.78. The maximum atomic E-state index is 5.73. The molecule has 1 N–H and O–H groups in total. The number of hydrogen-bond donors (Lipinski definition) is 1. The molecule has 1 heterocycles. The SMILES string of the molecule is COc1cc(C)c(CCC2CNCCO2)c(OC)c1. The van der Waals surface area contributed by atoms with E-state index in [9.17, 15) is 0 Å². The highest BCUT2D eigenvalue weighted by atomic mass is 16.5. The van der Waals surface area contributed by atoms with Gasteiger partial charge < -0.3 is 19.5 Å². The highest BCUT2D eigenvalue weighted by molar-refractivity contribution is 5.46. The molecule has 1 atom stereocenters. The molecule has 4 heteroatoms. The molecule has 0 radical (unpaired) electrons. The van der Waals surface area contributed by atoms with Crippen molar-refractivity contribution in [3.05, 3.63) is 23.3 Å². The molecule has 0 saturated carbocycles. The first-order chi connectivity index (χ1) is 9.24. The van der Waals surface area contributed by atoms with Gasteiger partial charge in [0, 0.05) is 19.2 Å². The Kier molecular flexibility index (Phi) is 5.05. The van der Waals surface area contributed by atoms with Gasteiger partial charge in [-0.2, -0.15) is 0 Å². The van der Waals surface area contributed by atoms with Crippen molar-refractivity contribution in [1.82, 2.24) is 5.32 Å². The van der Waals surface area contributed by atoms with Gasteiger partial charge in [-0.1, -0.05) is 0 Å². The van der Waals surface area contributed by atoms with Crippen molar-refractivity contribution >= 4 is 0 Å². The van der Waals surface area contributed by atoms with Crippen LogP contribution in [-0.4, -0.2) is 40.0 Å². The van der Waals surface area contributed by atoms with Gasteiger partial charge in [-0.3, -0.25) is 0 Å². The Balaban J connectivity index is 2.05. The van der Waals surface area contributed by atoms with E-state index in [-0.39, 0.29) is 0 Å². The van der Waals surface area contributed by atoms with Crippen molar-refractivity contribution in [2.75, 3.05) is 33.9 Å². The van der Waals surface area contributed by atoms with E-state index in [2.05, 4.69) is 18.3 Å². The van der Waals surface area contributed by atoms with E-state index in [4.69, 9.17) is 14.2 Å². The van der Waals surface area contributed by atoms with Gasteiger partial charge in [0.2, 0.25) is 0 Å². The summed E-state index contributed by atoms with van der Waals surface area (Å²) in [5, 5.41) is 3.36. The molecule has 4 nitrogen and oxygen atoms in total. The van der Waals surface area contributed by atoms with Crippen molar-refractivity contribution in [3.8, 4) is 11.5 Å². The molecule has 1 aromatic carbocycles. The molecule has 1 aliphatic heterocycles. The number of morpholine rings is 1. The lowest BCUT2D eigenvalue weighted by Crippen LogP contribution is -2.38. The molecule has 1 aromatic rings. The second-order valence-corrected chi connectivity index (χ2v) is 4.86. The summed E-state index contributed by atoms with van der Waals surface area (Å²) in [6.07, 6.45) is 2.28. The summed E-state index contributed by atoms with van der Waals surface area (Å²) in [4.78, 5) is 0. The van der Waals surface area contributed by atoms with Crippen molar-refractivity contribution < 1.29 is 14.2 Å². The van der Waals surface area contributed by atoms with Crippen molar-refractivity contribution in [2.45, 2.75) is 25.9 Å². The monoisotopic (exact) mass is 265 g/mol. The lowest BCUT2D eigenvalue weighted by molar-refractivity contribution is 0.0237. The van der Waals surface area contributed by atoms with E-state index in [1.165, 1.54) is 11.1 Å². The average molecular weight is 265 g/mol. The number of methoxy groups -OCH3 is 2. The highest BCUT2D eigenvalue weighted by Crippen LogP contribution is 2.29. The lowest BCUT2D eigenvalue weighted by Gasteiger charge is -2.24. The second-order valence-electron chi connectivity index (χ2n) is 4.86. The molecule has 1 fully saturated rings. The zero-order valence-corrected chi connectivity index (χ0v) is 12.0. The summed E-state index contributed by atoms with van der Waals surface area (Å²) >= 11 is 0. The zero-order chi connectivity index (χ0) is 13.7. The number of hydrogen-bond acceptors (Lipinski definition) is 4. The Morgan fingerprint density at radius 2 is 2.16 bits per heavy atom. The van der Waals surface area contributed by atoms with Crippen molar-refractivity contribution in [2.24, 2.45) is 0 Å². The smallest absolute Gasteiger partial charge is 0.126 e. The molecule has 2 rings (SSSR count). The van der Waals surface area contributed by atoms with Crippen LogP contribution in [0.4, 0.5) is 0 Å². The van der Waals surface area contributed by atoms with Gasteiger partial charge in [0.1, 0.15) is 11.5 Å². The lowest BCUT2D eigenvalue weighted by atomic mass is 10.00. The minimum Gasteiger partial charge on any atom is -0.497 e. The van der Waals surface area contributed by atoms with Gasteiger partial charge in [-0.15, -0.1) is 0 Å². The van der Waals surface area contributed by atoms with E-state index < -0.39 is 0 Å². The third-order valence-corrected chi connectivity index (χ3v) is 3.58. The van der Waals surface area contributed by atoms with Gasteiger partial charge >= 0.3 is 0 Å². The minimum absolute atomic E-state index is 0.306. The van der Waals surface area contributed by atoms with Gasteiger partial charge in [-0.05, 0) is 37.0 Å². The van der Waals surface area contributed by atoms with Crippen LogP contribution in [0, 0.1) is 6.92 Å². The Morgan fingerprint density at radius 3 is 2.79 bits per heavy atom. The summed E-state index contributed by atoms with van der Waals surface area (Å²) in [7, 11) is 3.38. The fraction of sp³-hybridized carbons (Fsp3) is 0.600. The molecule has 1 saturated heterocycles. The van der Waals surface area contributed by atoms with Crippen LogP contribution in [0.5, 0.6) is 11.5 Å². The summed E-state index contributed by atoms with van der Waals surface area (Å²) in [6, 6.07) is 4.00. The molecular weight excluding hydrogens is 242 g/mol.